The van der Waals surface area contributed by atoms with Gasteiger partial charge in [-0.2, -0.15) is 5.10 Å². The lowest BCUT2D eigenvalue weighted by atomic mass is 9.99. The van der Waals surface area contributed by atoms with Crippen LogP contribution >= 0.6 is 15.9 Å². The van der Waals surface area contributed by atoms with Gasteiger partial charge in [0.1, 0.15) is 0 Å². The van der Waals surface area contributed by atoms with E-state index >= 15 is 0 Å². The molecule has 2 N–H and O–H groups in total. The fourth-order valence-electron chi connectivity index (χ4n) is 1.99. The number of amides is 1. The van der Waals surface area contributed by atoms with Gasteiger partial charge < -0.3 is 10.6 Å². The largest absolute Gasteiger partial charge is 0.349 e. The van der Waals surface area contributed by atoms with Gasteiger partial charge in [-0.3, -0.25) is 4.79 Å². The highest BCUT2D eigenvalue weighted by Gasteiger charge is 2.37. The van der Waals surface area contributed by atoms with Crippen molar-refractivity contribution in [2.45, 2.75) is 5.67 Å². The van der Waals surface area contributed by atoms with Crippen LogP contribution in [-0.4, -0.2) is 40.8 Å². The van der Waals surface area contributed by atoms with E-state index < -0.39 is 5.67 Å². The highest BCUT2D eigenvalue weighted by molar-refractivity contribution is 9.10. The fourth-order valence-corrected chi connectivity index (χ4v) is 2.32. The lowest BCUT2D eigenvalue weighted by Gasteiger charge is -2.34. The van der Waals surface area contributed by atoms with E-state index in [0.29, 0.717) is 11.1 Å². The SMILES string of the molecule is O=C(NCC1(F)CNC1)c1cnn2ccc(Br)cc12. The zero-order valence-corrected chi connectivity index (χ0v) is 11.6. The van der Waals surface area contributed by atoms with Gasteiger partial charge in [-0.1, -0.05) is 15.9 Å². The van der Waals surface area contributed by atoms with E-state index in [4.69, 9.17) is 0 Å². The van der Waals surface area contributed by atoms with Crippen molar-refractivity contribution >= 4 is 27.4 Å². The van der Waals surface area contributed by atoms with Crippen molar-refractivity contribution in [1.29, 1.82) is 0 Å². The molecule has 1 aliphatic heterocycles. The summed E-state index contributed by atoms with van der Waals surface area (Å²) in [6.45, 7) is 0.589. The zero-order valence-electron chi connectivity index (χ0n) is 9.99. The van der Waals surface area contributed by atoms with Gasteiger partial charge >= 0.3 is 0 Å². The summed E-state index contributed by atoms with van der Waals surface area (Å²) in [6.07, 6.45) is 3.24. The Hall–Kier alpha value is -1.47. The molecule has 2 aromatic rings. The molecular weight excluding hydrogens is 315 g/mol. The summed E-state index contributed by atoms with van der Waals surface area (Å²) in [5.41, 5.74) is -0.192. The van der Waals surface area contributed by atoms with Crippen LogP contribution in [-0.2, 0) is 0 Å². The van der Waals surface area contributed by atoms with Crippen molar-refractivity contribution in [3.05, 3.63) is 34.6 Å². The summed E-state index contributed by atoms with van der Waals surface area (Å²) in [5, 5.41) is 9.55. The van der Waals surface area contributed by atoms with Crippen molar-refractivity contribution in [3.63, 3.8) is 0 Å². The first-order valence-corrected chi connectivity index (χ1v) is 6.67. The standard InChI is InChI=1S/C12H12BrFN4O/c13-8-1-2-18-10(3-8)9(4-17-18)11(19)16-7-12(14)5-15-6-12/h1-4,15H,5-7H2,(H,16,19). The minimum absolute atomic E-state index is 0.0180. The van der Waals surface area contributed by atoms with Crippen LogP contribution in [0.2, 0.25) is 0 Å². The van der Waals surface area contributed by atoms with Crippen LogP contribution in [0.15, 0.2) is 29.0 Å². The second-order valence-corrected chi connectivity index (χ2v) is 5.59. The maximum atomic E-state index is 13.8. The summed E-state index contributed by atoms with van der Waals surface area (Å²) in [7, 11) is 0. The number of hydrogen-bond donors (Lipinski definition) is 2. The molecule has 100 valence electrons. The molecule has 1 aliphatic rings. The molecule has 3 rings (SSSR count). The number of nitrogens with one attached hydrogen (secondary N) is 2. The van der Waals surface area contributed by atoms with E-state index in [1.807, 2.05) is 6.07 Å². The van der Waals surface area contributed by atoms with Crippen LogP contribution in [0.25, 0.3) is 5.52 Å². The first kappa shape index (κ1) is 12.6. The van der Waals surface area contributed by atoms with Crippen molar-refractivity contribution < 1.29 is 9.18 Å². The maximum Gasteiger partial charge on any atom is 0.255 e. The van der Waals surface area contributed by atoms with Crippen molar-refractivity contribution in [3.8, 4) is 0 Å². The Labute approximate surface area is 117 Å². The highest BCUT2D eigenvalue weighted by atomic mass is 79.9. The highest BCUT2D eigenvalue weighted by Crippen LogP contribution is 2.18. The molecule has 0 atom stereocenters. The minimum Gasteiger partial charge on any atom is -0.349 e. The van der Waals surface area contributed by atoms with E-state index in [1.54, 1.807) is 16.8 Å². The summed E-state index contributed by atoms with van der Waals surface area (Å²) in [6, 6.07) is 3.64. The first-order valence-electron chi connectivity index (χ1n) is 5.88. The van der Waals surface area contributed by atoms with Gasteiger partial charge in [0.05, 0.1) is 23.8 Å². The van der Waals surface area contributed by atoms with Crippen LogP contribution in [0.3, 0.4) is 0 Å². The Morgan fingerprint density at radius 3 is 3.11 bits per heavy atom. The normalized spacial score (nSPS) is 17.2. The Bertz CT molecular complexity index is 638. The third-order valence-electron chi connectivity index (χ3n) is 3.18. The molecule has 0 saturated carbocycles. The number of pyridine rings is 1. The number of nitrogens with zero attached hydrogens (tertiary/aromatic N) is 2. The average Bonchev–Trinajstić information content (AvgIpc) is 2.76. The molecule has 0 unspecified atom stereocenters. The predicted molar refractivity (Wildman–Crippen MR) is 71.9 cm³/mol. The number of halogens is 2. The van der Waals surface area contributed by atoms with Gasteiger partial charge in [0.2, 0.25) is 0 Å². The summed E-state index contributed by atoms with van der Waals surface area (Å²) in [4.78, 5) is 12.1. The summed E-state index contributed by atoms with van der Waals surface area (Å²) >= 11 is 3.35. The molecule has 0 radical (unpaired) electrons. The van der Waals surface area contributed by atoms with E-state index in [-0.39, 0.29) is 25.5 Å². The van der Waals surface area contributed by atoms with Gasteiger partial charge in [-0.15, -0.1) is 0 Å². The van der Waals surface area contributed by atoms with Gasteiger partial charge in [-0.25, -0.2) is 8.91 Å². The second kappa shape index (κ2) is 4.57. The lowest BCUT2D eigenvalue weighted by Crippen LogP contribution is -2.61. The molecule has 7 heteroatoms. The third kappa shape index (κ3) is 2.35. The van der Waals surface area contributed by atoms with Crippen molar-refractivity contribution in [1.82, 2.24) is 20.2 Å². The summed E-state index contributed by atoms with van der Waals surface area (Å²) < 4.78 is 16.2. The molecule has 19 heavy (non-hydrogen) atoms. The number of rotatable bonds is 3. The van der Waals surface area contributed by atoms with Crippen LogP contribution < -0.4 is 10.6 Å². The topological polar surface area (TPSA) is 58.4 Å². The van der Waals surface area contributed by atoms with Gasteiger partial charge in [-0.05, 0) is 12.1 Å². The molecule has 1 amide bonds. The number of alkyl halides is 1. The number of aromatic nitrogens is 2. The van der Waals surface area contributed by atoms with E-state index in [2.05, 4.69) is 31.7 Å². The molecule has 1 saturated heterocycles. The van der Waals surface area contributed by atoms with Crippen LogP contribution in [0.1, 0.15) is 10.4 Å². The van der Waals surface area contributed by atoms with E-state index in [0.717, 1.165) is 4.47 Å². The van der Waals surface area contributed by atoms with Crippen LogP contribution in [0, 0.1) is 0 Å². The third-order valence-corrected chi connectivity index (χ3v) is 3.67. The molecule has 0 aromatic carbocycles. The number of carbonyl (C=O) groups is 1. The lowest BCUT2D eigenvalue weighted by molar-refractivity contribution is 0.0750. The smallest absolute Gasteiger partial charge is 0.255 e. The van der Waals surface area contributed by atoms with E-state index in [9.17, 15) is 9.18 Å². The number of fused-ring (bicyclic) bond motifs is 1. The average molecular weight is 327 g/mol. The molecule has 0 bridgehead atoms. The number of carbonyl (C=O) groups excluding carboxylic acids is 1. The second-order valence-electron chi connectivity index (χ2n) is 4.67. The van der Waals surface area contributed by atoms with Gasteiger partial charge in [0.25, 0.3) is 5.91 Å². The molecule has 2 aromatic heterocycles. The molecular formula is C12H12BrFN4O. The molecule has 0 aliphatic carbocycles. The molecule has 0 spiro atoms. The Kier molecular flexibility index (Phi) is 3.02. The molecule has 3 heterocycles. The quantitative estimate of drug-likeness (QED) is 0.889. The van der Waals surface area contributed by atoms with E-state index in [1.165, 1.54) is 6.20 Å². The predicted octanol–water partition coefficient (Wildman–Crippen LogP) is 1.14. The maximum absolute atomic E-state index is 13.8. The minimum atomic E-state index is -1.32. The fraction of sp³-hybridized carbons (Fsp3) is 0.333. The van der Waals surface area contributed by atoms with Crippen LogP contribution in [0.4, 0.5) is 4.39 Å². The number of hydrogen-bond acceptors (Lipinski definition) is 3. The molecule has 1 fully saturated rings. The van der Waals surface area contributed by atoms with Crippen molar-refractivity contribution in [2.24, 2.45) is 0 Å². The molecule has 5 nitrogen and oxygen atoms in total. The first-order chi connectivity index (χ1) is 9.07. The Balaban J connectivity index is 1.79. The van der Waals surface area contributed by atoms with Crippen molar-refractivity contribution in [2.75, 3.05) is 19.6 Å². The monoisotopic (exact) mass is 326 g/mol. The zero-order chi connectivity index (χ0) is 13.5. The summed E-state index contributed by atoms with van der Waals surface area (Å²) in [5.74, 6) is -0.308. The van der Waals surface area contributed by atoms with Gasteiger partial charge in [0, 0.05) is 23.8 Å². The Morgan fingerprint density at radius 1 is 1.63 bits per heavy atom. The Morgan fingerprint density at radius 2 is 2.42 bits per heavy atom. The van der Waals surface area contributed by atoms with Crippen LogP contribution in [0.5, 0.6) is 0 Å². The van der Waals surface area contributed by atoms with Gasteiger partial charge in [0.15, 0.2) is 5.67 Å².